The number of aliphatic imine (C=N–C) groups is 1. The van der Waals surface area contributed by atoms with Gasteiger partial charge in [0.15, 0.2) is 0 Å². The second kappa shape index (κ2) is 7.65. The number of hydrogen-bond acceptors (Lipinski definition) is 2. The number of likely N-dealkylation sites (N-methyl/N-ethyl adjacent to an activating group) is 1. The lowest BCUT2D eigenvalue weighted by atomic mass is 9.89. The summed E-state index contributed by atoms with van der Waals surface area (Å²) in [6.07, 6.45) is 4.79. The standard InChI is InChI=1S/C20H19F2N3O2/c1-12(16-11-23-19(26)18-15(16)4-3-5-17(18)22)25(2)20(27)24-10-13-6-8-14(21)9-7-13/h3-4,6-9,11-12H,5,10H2,1-2H3,(H,24,27). The fraction of sp³-hybridized carbons (Fsp3) is 0.250. The smallest absolute Gasteiger partial charge is 0.317 e. The third kappa shape index (κ3) is 3.86. The molecule has 5 nitrogen and oxygen atoms in total. The van der Waals surface area contributed by atoms with Gasteiger partial charge in [0.25, 0.3) is 5.91 Å². The highest BCUT2D eigenvalue weighted by Crippen LogP contribution is 2.32. The van der Waals surface area contributed by atoms with Crippen LogP contribution in [0, 0.1) is 5.82 Å². The minimum Gasteiger partial charge on any atom is -0.334 e. The van der Waals surface area contributed by atoms with Crippen LogP contribution in [-0.2, 0) is 11.3 Å². The van der Waals surface area contributed by atoms with Crippen molar-refractivity contribution in [3.05, 3.63) is 70.3 Å². The number of carbonyl (C=O) groups is 2. The number of allylic oxidation sites excluding steroid dienone is 3. The van der Waals surface area contributed by atoms with Gasteiger partial charge in [0, 0.05) is 31.8 Å². The molecule has 1 aliphatic carbocycles. The SMILES string of the molecule is CC(C1=C2C=CCC(F)=C2C(=O)N=C1)N(C)C(=O)NCc1ccc(F)cc1. The summed E-state index contributed by atoms with van der Waals surface area (Å²) in [6.45, 7) is 2.02. The Labute approximate surface area is 155 Å². The summed E-state index contributed by atoms with van der Waals surface area (Å²) >= 11 is 0. The third-order valence-corrected chi connectivity index (χ3v) is 4.68. The number of hydrogen-bond donors (Lipinski definition) is 1. The molecule has 0 radical (unpaired) electrons. The predicted octanol–water partition coefficient (Wildman–Crippen LogP) is 3.45. The topological polar surface area (TPSA) is 61.8 Å². The van der Waals surface area contributed by atoms with Crippen LogP contribution in [0.25, 0.3) is 0 Å². The van der Waals surface area contributed by atoms with Crippen LogP contribution in [0.5, 0.6) is 0 Å². The molecule has 1 aliphatic heterocycles. The largest absolute Gasteiger partial charge is 0.334 e. The van der Waals surface area contributed by atoms with E-state index < -0.39 is 17.8 Å². The van der Waals surface area contributed by atoms with Crippen LogP contribution in [0.3, 0.4) is 0 Å². The molecule has 0 spiro atoms. The first-order chi connectivity index (χ1) is 12.9. The maximum Gasteiger partial charge on any atom is 0.317 e. The summed E-state index contributed by atoms with van der Waals surface area (Å²) in [7, 11) is 1.61. The fourth-order valence-electron chi connectivity index (χ4n) is 2.97. The minimum atomic E-state index is -0.605. The van der Waals surface area contributed by atoms with Crippen LogP contribution >= 0.6 is 0 Å². The van der Waals surface area contributed by atoms with Gasteiger partial charge in [0.2, 0.25) is 0 Å². The van der Waals surface area contributed by atoms with Gasteiger partial charge in [-0.3, -0.25) is 4.79 Å². The molecular formula is C20H19F2N3O2. The van der Waals surface area contributed by atoms with Gasteiger partial charge in [-0.25, -0.2) is 18.6 Å². The van der Waals surface area contributed by atoms with Gasteiger partial charge < -0.3 is 10.2 Å². The van der Waals surface area contributed by atoms with Gasteiger partial charge >= 0.3 is 6.03 Å². The quantitative estimate of drug-likeness (QED) is 0.881. The second-order valence-electron chi connectivity index (χ2n) is 6.39. The molecule has 1 atom stereocenters. The van der Waals surface area contributed by atoms with Crippen molar-refractivity contribution in [1.29, 1.82) is 0 Å². The highest BCUT2D eigenvalue weighted by Gasteiger charge is 2.30. The molecule has 0 fully saturated rings. The van der Waals surface area contributed by atoms with Crippen molar-refractivity contribution in [2.24, 2.45) is 4.99 Å². The summed E-state index contributed by atoms with van der Waals surface area (Å²) in [5.41, 5.74) is 1.79. The molecule has 27 heavy (non-hydrogen) atoms. The molecule has 0 saturated heterocycles. The van der Waals surface area contributed by atoms with Gasteiger partial charge in [0.05, 0.1) is 11.6 Å². The molecule has 1 aromatic carbocycles. The van der Waals surface area contributed by atoms with Crippen molar-refractivity contribution >= 4 is 18.2 Å². The number of benzene rings is 1. The normalized spacial score (nSPS) is 17.1. The van der Waals surface area contributed by atoms with E-state index in [0.717, 1.165) is 5.56 Å². The average Bonchev–Trinajstić information content (AvgIpc) is 2.66. The maximum absolute atomic E-state index is 14.1. The van der Waals surface area contributed by atoms with Crippen molar-refractivity contribution in [1.82, 2.24) is 10.2 Å². The molecule has 2 aliphatic rings. The number of rotatable bonds is 4. The van der Waals surface area contributed by atoms with Crippen LogP contribution in [0.4, 0.5) is 13.6 Å². The first-order valence-corrected chi connectivity index (χ1v) is 8.51. The van der Waals surface area contributed by atoms with Crippen molar-refractivity contribution in [2.45, 2.75) is 25.9 Å². The minimum absolute atomic E-state index is 0.0260. The summed E-state index contributed by atoms with van der Waals surface area (Å²) in [5, 5.41) is 2.75. The number of nitrogens with one attached hydrogen (secondary N) is 1. The molecule has 0 aromatic heterocycles. The summed E-state index contributed by atoms with van der Waals surface area (Å²) in [5.74, 6) is -1.46. The van der Waals surface area contributed by atoms with Gasteiger partial charge in [-0.2, -0.15) is 0 Å². The zero-order chi connectivity index (χ0) is 19.6. The number of dihydropyridines is 1. The maximum atomic E-state index is 14.1. The van der Waals surface area contributed by atoms with E-state index in [1.165, 1.54) is 23.2 Å². The lowest BCUT2D eigenvalue weighted by Gasteiger charge is -2.29. The Bertz CT molecular complexity index is 898. The summed E-state index contributed by atoms with van der Waals surface area (Å²) in [6, 6.07) is 5.05. The Kier molecular flexibility index (Phi) is 5.30. The van der Waals surface area contributed by atoms with E-state index in [2.05, 4.69) is 10.3 Å². The molecule has 0 saturated carbocycles. The van der Waals surface area contributed by atoms with E-state index in [-0.39, 0.29) is 30.4 Å². The fourth-order valence-corrected chi connectivity index (χ4v) is 2.97. The van der Waals surface area contributed by atoms with Gasteiger partial charge in [-0.05, 0) is 30.2 Å². The zero-order valence-electron chi connectivity index (χ0n) is 15.0. The number of nitrogens with zero attached hydrogens (tertiary/aromatic N) is 2. The third-order valence-electron chi connectivity index (χ3n) is 4.68. The van der Waals surface area contributed by atoms with Crippen molar-refractivity contribution in [3.63, 3.8) is 0 Å². The Morgan fingerprint density at radius 1 is 1.30 bits per heavy atom. The molecule has 3 rings (SSSR count). The first kappa shape index (κ1) is 18.7. The van der Waals surface area contributed by atoms with Crippen LogP contribution < -0.4 is 5.32 Å². The summed E-state index contributed by atoms with van der Waals surface area (Å²) < 4.78 is 27.0. The number of amides is 3. The number of carbonyl (C=O) groups excluding carboxylic acids is 2. The van der Waals surface area contributed by atoms with Crippen LogP contribution in [0.15, 0.2) is 64.0 Å². The van der Waals surface area contributed by atoms with E-state index in [1.54, 1.807) is 38.3 Å². The van der Waals surface area contributed by atoms with Crippen molar-refractivity contribution in [3.8, 4) is 0 Å². The average molecular weight is 371 g/mol. The van der Waals surface area contributed by atoms with E-state index in [1.807, 2.05) is 0 Å². The molecule has 0 bridgehead atoms. The molecule has 7 heteroatoms. The Hall–Kier alpha value is -3.09. The zero-order valence-corrected chi connectivity index (χ0v) is 15.0. The Morgan fingerprint density at radius 3 is 2.70 bits per heavy atom. The number of fused-ring (bicyclic) bond motifs is 1. The first-order valence-electron chi connectivity index (χ1n) is 8.51. The predicted molar refractivity (Wildman–Crippen MR) is 98.3 cm³/mol. The molecule has 1 aromatic rings. The monoisotopic (exact) mass is 371 g/mol. The van der Waals surface area contributed by atoms with Gasteiger partial charge in [-0.1, -0.05) is 24.3 Å². The van der Waals surface area contributed by atoms with E-state index in [4.69, 9.17) is 0 Å². The number of halogens is 2. The Balaban J connectivity index is 1.74. The van der Waals surface area contributed by atoms with Crippen molar-refractivity contribution in [2.75, 3.05) is 7.05 Å². The van der Waals surface area contributed by atoms with Crippen LogP contribution in [-0.4, -0.2) is 36.1 Å². The molecule has 1 N–H and O–H groups in total. The molecule has 140 valence electrons. The van der Waals surface area contributed by atoms with Gasteiger partial charge in [-0.15, -0.1) is 0 Å². The van der Waals surface area contributed by atoms with Crippen molar-refractivity contribution < 1.29 is 18.4 Å². The second-order valence-corrected chi connectivity index (χ2v) is 6.39. The highest BCUT2D eigenvalue weighted by atomic mass is 19.1. The van der Waals surface area contributed by atoms with Crippen LogP contribution in [0.2, 0.25) is 0 Å². The van der Waals surface area contributed by atoms with Crippen LogP contribution in [0.1, 0.15) is 18.9 Å². The molecular weight excluding hydrogens is 352 g/mol. The number of urea groups is 1. The molecule has 3 amide bonds. The summed E-state index contributed by atoms with van der Waals surface area (Å²) in [4.78, 5) is 29.6. The Morgan fingerprint density at radius 2 is 2.00 bits per heavy atom. The van der Waals surface area contributed by atoms with Gasteiger partial charge in [0.1, 0.15) is 11.6 Å². The van der Waals surface area contributed by atoms with E-state index in [9.17, 15) is 18.4 Å². The lowest BCUT2D eigenvalue weighted by molar-refractivity contribution is -0.114. The van der Waals surface area contributed by atoms with E-state index >= 15 is 0 Å². The molecule has 1 heterocycles. The molecule has 1 unspecified atom stereocenters. The van der Waals surface area contributed by atoms with E-state index in [0.29, 0.717) is 11.1 Å². The highest BCUT2D eigenvalue weighted by molar-refractivity contribution is 6.10. The lowest BCUT2D eigenvalue weighted by Crippen LogP contribution is -2.43.